The van der Waals surface area contributed by atoms with Crippen molar-refractivity contribution in [3.63, 3.8) is 0 Å². The average Bonchev–Trinajstić information content (AvgIpc) is 2.73. The summed E-state index contributed by atoms with van der Waals surface area (Å²) in [6.45, 7) is 7.36. The maximum atomic E-state index is 5.93. The lowest BCUT2D eigenvalue weighted by atomic mass is 9.98. The van der Waals surface area contributed by atoms with Crippen LogP contribution in [0.25, 0.3) is 0 Å². The first-order chi connectivity index (χ1) is 9.25. The van der Waals surface area contributed by atoms with Crippen LogP contribution in [0, 0.1) is 13.8 Å². The maximum Gasteiger partial charge on any atom is 0.0575 e. The van der Waals surface area contributed by atoms with Crippen LogP contribution in [0.3, 0.4) is 0 Å². The topological polar surface area (TPSA) is 21.3 Å². The van der Waals surface area contributed by atoms with Crippen LogP contribution in [0.5, 0.6) is 0 Å². The van der Waals surface area contributed by atoms with Crippen molar-refractivity contribution in [2.75, 3.05) is 13.2 Å². The van der Waals surface area contributed by atoms with Gasteiger partial charge in [0.1, 0.15) is 0 Å². The van der Waals surface area contributed by atoms with Gasteiger partial charge in [0.05, 0.1) is 6.10 Å². The molecule has 19 heavy (non-hydrogen) atoms. The largest absolute Gasteiger partial charge is 0.378 e. The molecule has 3 heteroatoms. The molecule has 2 nitrogen and oxygen atoms in total. The van der Waals surface area contributed by atoms with E-state index in [1.165, 1.54) is 47.4 Å². The highest BCUT2D eigenvalue weighted by Gasteiger charge is 2.12. The normalized spacial score (nSPS) is 16.9. The zero-order chi connectivity index (χ0) is 13.5. The molecule has 0 aliphatic heterocycles. The molecule has 0 spiro atoms. The molecular weight excluding hydrogens is 254 g/mol. The predicted molar refractivity (Wildman–Crippen MR) is 82.9 cm³/mol. The monoisotopic (exact) mass is 281 g/mol. The highest BCUT2D eigenvalue weighted by Crippen LogP contribution is 2.21. The highest BCUT2D eigenvalue weighted by atomic mass is 32.1. The summed E-state index contributed by atoms with van der Waals surface area (Å²) in [7, 11) is 0. The molecule has 1 aromatic heterocycles. The number of hydrogen-bond donors (Lipinski definition) is 1. The van der Waals surface area contributed by atoms with Crippen LogP contribution in [0.4, 0.5) is 0 Å². The molecule has 1 aliphatic rings. The fourth-order valence-corrected chi connectivity index (χ4v) is 3.71. The number of rotatable bonds is 7. The lowest BCUT2D eigenvalue weighted by Crippen LogP contribution is -2.20. The van der Waals surface area contributed by atoms with Crippen LogP contribution in [0.2, 0.25) is 0 Å². The van der Waals surface area contributed by atoms with E-state index in [2.05, 4.69) is 25.2 Å². The van der Waals surface area contributed by atoms with Gasteiger partial charge in [0.15, 0.2) is 0 Å². The summed E-state index contributed by atoms with van der Waals surface area (Å²) in [5, 5.41) is 3.52. The van der Waals surface area contributed by atoms with Crippen LogP contribution >= 0.6 is 11.3 Å². The molecule has 0 radical (unpaired) electrons. The molecule has 0 unspecified atom stereocenters. The van der Waals surface area contributed by atoms with Gasteiger partial charge in [-0.1, -0.05) is 19.3 Å². The Morgan fingerprint density at radius 2 is 2.05 bits per heavy atom. The summed E-state index contributed by atoms with van der Waals surface area (Å²) in [6.07, 6.45) is 8.36. The highest BCUT2D eigenvalue weighted by molar-refractivity contribution is 7.12. The van der Waals surface area contributed by atoms with Crippen LogP contribution in [-0.2, 0) is 11.3 Å². The van der Waals surface area contributed by atoms with E-state index in [0.717, 1.165) is 26.1 Å². The third kappa shape index (κ3) is 5.25. The van der Waals surface area contributed by atoms with Crippen molar-refractivity contribution in [3.8, 4) is 0 Å². The van der Waals surface area contributed by atoms with Crippen LogP contribution in [-0.4, -0.2) is 19.3 Å². The Morgan fingerprint density at radius 1 is 1.26 bits per heavy atom. The molecule has 1 aliphatic carbocycles. The van der Waals surface area contributed by atoms with Gasteiger partial charge in [-0.05, 0) is 51.3 Å². The van der Waals surface area contributed by atoms with Gasteiger partial charge in [-0.15, -0.1) is 11.3 Å². The first kappa shape index (κ1) is 15.0. The first-order valence-electron chi connectivity index (χ1n) is 7.64. The van der Waals surface area contributed by atoms with Gasteiger partial charge >= 0.3 is 0 Å². The minimum absolute atomic E-state index is 0.551. The summed E-state index contributed by atoms with van der Waals surface area (Å²) >= 11 is 1.89. The second-order valence-corrected chi connectivity index (χ2v) is 7.06. The molecule has 1 fully saturated rings. The van der Waals surface area contributed by atoms with Gasteiger partial charge in [0.25, 0.3) is 0 Å². The molecule has 0 aromatic carbocycles. The Labute approximate surface area is 121 Å². The average molecular weight is 281 g/mol. The number of aryl methyl sites for hydroxylation is 2. The fraction of sp³-hybridized carbons (Fsp3) is 0.750. The third-order valence-corrected chi connectivity index (χ3v) is 4.87. The number of thiophene rings is 1. The quantitative estimate of drug-likeness (QED) is 0.757. The molecule has 2 rings (SSSR count). The van der Waals surface area contributed by atoms with E-state index in [0.29, 0.717) is 6.10 Å². The van der Waals surface area contributed by atoms with E-state index in [1.807, 2.05) is 11.3 Å². The Bertz CT molecular complexity index is 369. The lowest BCUT2D eigenvalue weighted by Gasteiger charge is -2.21. The lowest BCUT2D eigenvalue weighted by molar-refractivity contribution is 0.0273. The zero-order valence-corrected chi connectivity index (χ0v) is 13.2. The van der Waals surface area contributed by atoms with Gasteiger partial charge < -0.3 is 10.1 Å². The van der Waals surface area contributed by atoms with Crippen molar-refractivity contribution in [1.29, 1.82) is 0 Å². The Balaban J connectivity index is 1.51. The summed E-state index contributed by atoms with van der Waals surface area (Å²) in [4.78, 5) is 2.86. The fourth-order valence-electron chi connectivity index (χ4n) is 2.76. The minimum Gasteiger partial charge on any atom is -0.378 e. The van der Waals surface area contributed by atoms with Crippen LogP contribution in [0.15, 0.2) is 6.07 Å². The second kappa shape index (κ2) is 8.03. The molecule has 1 N–H and O–H groups in total. The summed E-state index contributed by atoms with van der Waals surface area (Å²) in [6, 6.07) is 2.30. The SMILES string of the molecule is Cc1cc(CNCCCOC2CCCCC2)c(C)s1. The third-order valence-electron chi connectivity index (χ3n) is 3.86. The van der Waals surface area contributed by atoms with Gasteiger partial charge in [-0.25, -0.2) is 0 Å². The van der Waals surface area contributed by atoms with E-state index in [4.69, 9.17) is 4.74 Å². The van der Waals surface area contributed by atoms with Crippen molar-refractivity contribution in [2.24, 2.45) is 0 Å². The van der Waals surface area contributed by atoms with E-state index < -0.39 is 0 Å². The summed E-state index contributed by atoms with van der Waals surface area (Å²) in [5.41, 5.74) is 1.45. The standard InChI is InChI=1S/C16H27NOS/c1-13-11-15(14(2)19-13)12-17-9-6-10-18-16-7-4-3-5-8-16/h11,16-17H,3-10,12H2,1-2H3. The molecule has 1 aromatic rings. The van der Waals surface area contributed by atoms with Gasteiger partial charge in [0, 0.05) is 22.9 Å². The Hall–Kier alpha value is -0.380. The van der Waals surface area contributed by atoms with E-state index in [1.54, 1.807) is 0 Å². The number of ether oxygens (including phenoxy) is 1. The van der Waals surface area contributed by atoms with Gasteiger partial charge in [-0.2, -0.15) is 0 Å². The zero-order valence-electron chi connectivity index (χ0n) is 12.3. The molecule has 0 bridgehead atoms. The molecule has 1 saturated carbocycles. The predicted octanol–water partition coefficient (Wildman–Crippen LogP) is 4.19. The van der Waals surface area contributed by atoms with Crippen LogP contribution in [0.1, 0.15) is 53.8 Å². The minimum atomic E-state index is 0.551. The Kier molecular flexibility index (Phi) is 6.35. The number of hydrogen-bond acceptors (Lipinski definition) is 3. The Morgan fingerprint density at radius 3 is 2.74 bits per heavy atom. The second-order valence-electron chi connectivity index (χ2n) is 5.60. The molecule has 0 saturated heterocycles. The molecule has 1 heterocycles. The van der Waals surface area contributed by atoms with Gasteiger partial charge in [0.2, 0.25) is 0 Å². The van der Waals surface area contributed by atoms with E-state index >= 15 is 0 Å². The van der Waals surface area contributed by atoms with Crippen molar-refractivity contribution in [3.05, 3.63) is 21.4 Å². The van der Waals surface area contributed by atoms with Crippen molar-refractivity contribution >= 4 is 11.3 Å². The maximum absolute atomic E-state index is 5.93. The summed E-state index contributed by atoms with van der Waals surface area (Å²) in [5.74, 6) is 0. The molecule has 108 valence electrons. The van der Waals surface area contributed by atoms with Crippen LogP contribution < -0.4 is 5.32 Å². The van der Waals surface area contributed by atoms with E-state index in [9.17, 15) is 0 Å². The summed E-state index contributed by atoms with van der Waals surface area (Å²) < 4.78 is 5.93. The van der Waals surface area contributed by atoms with Crippen molar-refractivity contribution in [1.82, 2.24) is 5.32 Å². The molecule has 0 atom stereocenters. The first-order valence-corrected chi connectivity index (χ1v) is 8.45. The molecule has 0 amide bonds. The number of nitrogens with one attached hydrogen (secondary N) is 1. The van der Waals surface area contributed by atoms with Crippen molar-refractivity contribution in [2.45, 2.75) is 65.0 Å². The van der Waals surface area contributed by atoms with Crippen molar-refractivity contribution < 1.29 is 4.74 Å². The smallest absolute Gasteiger partial charge is 0.0575 e. The molecular formula is C16H27NOS. The van der Waals surface area contributed by atoms with Gasteiger partial charge in [-0.3, -0.25) is 0 Å². The van der Waals surface area contributed by atoms with E-state index in [-0.39, 0.29) is 0 Å².